The summed E-state index contributed by atoms with van der Waals surface area (Å²) in [6, 6.07) is 12.6. The Morgan fingerprint density at radius 3 is 2.50 bits per heavy atom. The largest absolute Gasteiger partial charge is 0.348 e. The van der Waals surface area contributed by atoms with Crippen molar-refractivity contribution in [2.75, 3.05) is 32.7 Å². The zero-order valence-corrected chi connectivity index (χ0v) is 17.8. The number of nitrogens with zero attached hydrogens (tertiary/aromatic N) is 2. The van der Waals surface area contributed by atoms with E-state index in [1.54, 1.807) is 11.3 Å². The lowest BCUT2D eigenvalue weighted by Crippen LogP contribution is -2.49. The molecule has 1 aliphatic heterocycles. The van der Waals surface area contributed by atoms with Crippen molar-refractivity contribution in [3.63, 3.8) is 0 Å². The quantitative estimate of drug-likeness (QED) is 0.748. The van der Waals surface area contributed by atoms with Gasteiger partial charge >= 0.3 is 0 Å². The molecular formula is C20H26BrN3OS. The van der Waals surface area contributed by atoms with Crippen LogP contribution >= 0.6 is 27.3 Å². The normalized spacial score (nSPS) is 17.2. The third-order valence-electron chi connectivity index (χ3n) is 4.87. The van der Waals surface area contributed by atoms with Gasteiger partial charge < -0.3 is 5.32 Å². The molecule has 0 unspecified atom stereocenters. The number of amides is 1. The Labute approximate surface area is 168 Å². The van der Waals surface area contributed by atoms with Gasteiger partial charge in [-0.3, -0.25) is 14.6 Å². The van der Waals surface area contributed by atoms with Crippen LogP contribution in [-0.2, 0) is 11.3 Å². The van der Waals surface area contributed by atoms with Crippen LogP contribution in [-0.4, -0.2) is 48.4 Å². The van der Waals surface area contributed by atoms with Crippen LogP contribution < -0.4 is 5.32 Å². The minimum atomic E-state index is 0.0438. The molecule has 4 nitrogen and oxygen atoms in total. The van der Waals surface area contributed by atoms with Gasteiger partial charge in [0.25, 0.3) is 0 Å². The molecule has 0 saturated carbocycles. The molecule has 2 aromatic rings. The molecule has 1 aromatic carbocycles. The number of halogens is 1. The Morgan fingerprint density at radius 2 is 1.85 bits per heavy atom. The molecule has 26 heavy (non-hydrogen) atoms. The number of carbonyl (C=O) groups is 1. The van der Waals surface area contributed by atoms with Crippen LogP contribution in [0.1, 0.15) is 29.0 Å². The molecule has 1 fully saturated rings. The van der Waals surface area contributed by atoms with Crippen LogP contribution in [0.5, 0.6) is 0 Å². The standard InChI is InChI=1S/C20H26BrN3OS/c1-15-5-3-4-6-18(15)16(2)22-20(25)14-24-11-9-23(10-12-24)13-17-7-8-19(21)26-17/h3-8,16H,9-14H2,1-2H3,(H,22,25)/t16-/m1/s1. The highest BCUT2D eigenvalue weighted by Gasteiger charge is 2.20. The first kappa shape index (κ1) is 19.5. The minimum Gasteiger partial charge on any atom is -0.348 e. The zero-order chi connectivity index (χ0) is 18.5. The molecule has 1 aliphatic rings. The molecule has 0 spiro atoms. The van der Waals surface area contributed by atoms with E-state index < -0.39 is 0 Å². The van der Waals surface area contributed by atoms with E-state index in [0.29, 0.717) is 6.54 Å². The average Bonchev–Trinajstić information content (AvgIpc) is 3.01. The number of thiophene rings is 1. The van der Waals surface area contributed by atoms with E-state index in [9.17, 15) is 4.79 Å². The second kappa shape index (κ2) is 9.13. The Balaban J connectivity index is 1.42. The van der Waals surface area contributed by atoms with Gasteiger partial charge in [0.2, 0.25) is 5.91 Å². The second-order valence-corrected chi connectivity index (χ2v) is 9.45. The number of rotatable bonds is 6. The fourth-order valence-electron chi connectivity index (χ4n) is 3.40. The van der Waals surface area contributed by atoms with E-state index >= 15 is 0 Å². The van der Waals surface area contributed by atoms with E-state index in [0.717, 1.165) is 32.7 Å². The maximum absolute atomic E-state index is 12.4. The van der Waals surface area contributed by atoms with E-state index in [-0.39, 0.29) is 11.9 Å². The monoisotopic (exact) mass is 435 g/mol. The maximum atomic E-state index is 12.4. The summed E-state index contributed by atoms with van der Waals surface area (Å²) in [5.74, 6) is 0.108. The van der Waals surface area contributed by atoms with E-state index in [1.165, 1.54) is 19.8 Å². The molecule has 0 radical (unpaired) electrons. The molecule has 2 heterocycles. The Hall–Kier alpha value is -1.21. The number of benzene rings is 1. The molecule has 0 bridgehead atoms. The van der Waals surface area contributed by atoms with Gasteiger partial charge in [-0.15, -0.1) is 11.3 Å². The number of piperazine rings is 1. The first-order valence-electron chi connectivity index (χ1n) is 9.05. The maximum Gasteiger partial charge on any atom is 0.234 e. The molecule has 1 aromatic heterocycles. The van der Waals surface area contributed by atoms with Gasteiger partial charge in [-0.2, -0.15) is 0 Å². The summed E-state index contributed by atoms with van der Waals surface area (Å²) in [6.07, 6.45) is 0. The Bertz CT molecular complexity index is 740. The summed E-state index contributed by atoms with van der Waals surface area (Å²) in [7, 11) is 0. The number of carbonyl (C=O) groups excluding carboxylic acids is 1. The summed E-state index contributed by atoms with van der Waals surface area (Å²) in [6.45, 7) is 9.53. The molecule has 1 amide bonds. The summed E-state index contributed by atoms with van der Waals surface area (Å²) in [5, 5.41) is 3.14. The Kier molecular flexibility index (Phi) is 6.86. The van der Waals surface area contributed by atoms with Gasteiger partial charge in [-0.05, 0) is 53.0 Å². The van der Waals surface area contributed by atoms with Gasteiger partial charge in [0.1, 0.15) is 0 Å². The Morgan fingerprint density at radius 1 is 1.15 bits per heavy atom. The molecule has 1 saturated heterocycles. The van der Waals surface area contributed by atoms with Crippen LogP contribution in [0.4, 0.5) is 0 Å². The van der Waals surface area contributed by atoms with Gasteiger partial charge in [-0.25, -0.2) is 0 Å². The van der Waals surface area contributed by atoms with Crippen LogP contribution in [0.2, 0.25) is 0 Å². The highest BCUT2D eigenvalue weighted by Crippen LogP contribution is 2.23. The zero-order valence-electron chi connectivity index (χ0n) is 15.4. The molecule has 140 valence electrons. The summed E-state index contributed by atoms with van der Waals surface area (Å²) in [4.78, 5) is 18.5. The topological polar surface area (TPSA) is 35.6 Å². The van der Waals surface area contributed by atoms with Crippen molar-refractivity contribution in [3.05, 3.63) is 56.2 Å². The fraction of sp³-hybridized carbons (Fsp3) is 0.450. The van der Waals surface area contributed by atoms with Gasteiger partial charge in [0.05, 0.1) is 16.4 Å². The predicted octanol–water partition coefficient (Wildman–Crippen LogP) is 3.81. The second-order valence-electron chi connectivity index (χ2n) is 6.90. The third kappa shape index (κ3) is 5.39. The smallest absolute Gasteiger partial charge is 0.234 e. The first-order chi connectivity index (χ1) is 12.5. The highest BCUT2D eigenvalue weighted by atomic mass is 79.9. The fourth-order valence-corrected chi connectivity index (χ4v) is 4.93. The predicted molar refractivity (Wildman–Crippen MR) is 111 cm³/mol. The van der Waals surface area contributed by atoms with Crippen LogP contribution in [0.3, 0.4) is 0 Å². The summed E-state index contributed by atoms with van der Waals surface area (Å²) >= 11 is 5.32. The van der Waals surface area contributed by atoms with E-state index in [4.69, 9.17) is 0 Å². The van der Waals surface area contributed by atoms with Gasteiger partial charge in [-0.1, -0.05) is 24.3 Å². The molecular weight excluding hydrogens is 410 g/mol. The van der Waals surface area contributed by atoms with Gasteiger partial charge in [0, 0.05) is 37.6 Å². The van der Waals surface area contributed by atoms with E-state index in [2.05, 4.69) is 69.2 Å². The summed E-state index contributed by atoms with van der Waals surface area (Å²) in [5.41, 5.74) is 2.40. The van der Waals surface area contributed by atoms with Crippen LogP contribution in [0.25, 0.3) is 0 Å². The van der Waals surface area contributed by atoms with Crippen molar-refractivity contribution in [3.8, 4) is 0 Å². The van der Waals surface area contributed by atoms with Crippen LogP contribution in [0, 0.1) is 6.92 Å². The number of hydrogen-bond acceptors (Lipinski definition) is 4. The molecule has 6 heteroatoms. The summed E-state index contributed by atoms with van der Waals surface area (Å²) < 4.78 is 1.19. The van der Waals surface area contributed by atoms with Crippen molar-refractivity contribution < 1.29 is 4.79 Å². The third-order valence-corrected chi connectivity index (χ3v) is 6.48. The molecule has 3 rings (SSSR count). The van der Waals surface area contributed by atoms with E-state index in [1.807, 2.05) is 12.1 Å². The van der Waals surface area contributed by atoms with Crippen molar-refractivity contribution in [2.24, 2.45) is 0 Å². The van der Waals surface area contributed by atoms with Crippen molar-refractivity contribution in [2.45, 2.75) is 26.4 Å². The molecule has 0 aliphatic carbocycles. The lowest BCUT2D eigenvalue weighted by atomic mass is 10.0. The average molecular weight is 436 g/mol. The minimum absolute atomic E-state index is 0.0438. The number of hydrogen-bond donors (Lipinski definition) is 1. The lowest BCUT2D eigenvalue weighted by molar-refractivity contribution is -0.123. The van der Waals surface area contributed by atoms with Crippen LogP contribution in [0.15, 0.2) is 40.2 Å². The molecule has 1 N–H and O–H groups in total. The highest BCUT2D eigenvalue weighted by molar-refractivity contribution is 9.11. The number of nitrogens with one attached hydrogen (secondary N) is 1. The lowest BCUT2D eigenvalue weighted by Gasteiger charge is -2.34. The number of aryl methyl sites for hydroxylation is 1. The van der Waals surface area contributed by atoms with Crippen molar-refractivity contribution >= 4 is 33.2 Å². The molecule has 1 atom stereocenters. The first-order valence-corrected chi connectivity index (χ1v) is 10.7. The van der Waals surface area contributed by atoms with Crippen molar-refractivity contribution in [1.82, 2.24) is 15.1 Å². The van der Waals surface area contributed by atoms with Gasteiger partial charge in [0.15, 0.2) is 0 Å². The van der Waals surface area contributed by atoms with Crippen molar-refractivity contribution in [1.29, 1.82) is 0 Å². The SMILES string of the molecule is Cc1ccccc1[C@@H](C)NC(=O)CN1CCN(Cc2ccc(Br)s2)CC1.